The predicted molar refractivity (Wildman–Crippen MR) is 57.0 cm³/mol. The minimum Gasteiger partial charge on any atom is -0.475 e. The number of carboxylic acid groups (broad SMARTS) is 1. The third kappa shape index (κ3) is 1.87. The van der Waals surface area contributed by atoms with Crippen LogP contribution in [0.2, 0.25) is 0 Å². The van der Waals surface area contributed by atoms with Gasteiger partial charge in [0.15, 0.2) is 0 Å². The van der Waals surface area contributed by atoms with Gasteiger partial charge in [0, 0.05) is 22.8 Å². The fourth-order valence-corrected chi connectivity index (χ4v) is 2.13. The number of aryl methyl sites for hydroxylation is 1. The highest BCUT2D eigenvalue weighted by Gasteiger charge is 2.08. The van der Waals surface area contributed by atoms with Crippen molar-refractivity contribution >= 4 is 17.3 Å². The zero-order chi connectivity index (χ0) is 10.8. The number of hydrogen-bond donors (Lipinski definition) is 1. The maximum atomic E-state index is 10.5. The average molecular weight is 220 g/mol. The largest absolute Gasteiger partial charge is 0.475 e. The topological polar surface area (TPSA) is 63.1 Å². The highest BCUT2D eigenvalue weighted by atomic mass is 32.1. The van der Waals surface area contributed by atoms with Crippen molar-refractivity contribution in [2.24, 2.45) is 0 Å². The fourth-order valence-electron chi connectivity index (χ4n) is 1.22. The summed E-state index contributed by atoms with van der Waals surface area (Å²) in [6, 6.07) is 2.01. The Kier molecular flexibility index (Phi) is 2.47. The predicted octanol–water partition coefficient (Wildman–Crippen LogP) is 2.21. The summed E-state index contributed by atoms with van der Waals surface area (Å²) in [5, 5.41) is 10.6. The molecule has 0 aromatic carbocycles. The zero-order valence-corrected chi connectivity index (χ0v) is 8.78. The van der Waals surface area contributed by atoms with E-state index in [0.29, 0.717) is 0 Å². The smallest absolute Gasteiger partial charge is 0.373 e. The Morgan fingerprint density at radius 3 is 2.53 bits per heavy atom. The quantitative estimate of drug-likeness (QED) is 0.842. The van der Waals surface area contributed by atoms with Gasteiger partial charge in [-0.05, 0) is 23.9 Å². The number of hydrogen-bond acceptors (Lipinski definition) is 4. The summed E-state index contributed by atoms with van der Waals surface area (Å²) in [4.78, 5) is 19.2. The monoisotopic (exact) mass is 220 g/mol. The van der Waals surface area contributed by atoms with Crippen molar-refractivity contribution in [3.63, 3.8) is 0 Å². The van der Waals surface area contributed by atoms with E-state index in [-0.39, 0.29) is 5.82 Å². The molecule has 0 aliphatic heterocycles. The summed E-state index contributed by atoms with van der Waals surface area (Å²) in [5.74, 6) is -1.28. The Hall–Kier alpha value is -1.75. The second kappa shape index (κ2) is 3.78. The van der Waals surface area contributed by atoms with E-state index >= 15 is 0 Å². The molecule has 76 valence electrons. The number of aromatic nitrogens is 2. The van der Waals surface area contributed by atoms with Gasteiger partial charge in [0.05, 0.1) is 0 Å². The minimum absolute atomic E-state index is 0.173. The third-order valence-electron chi connectivity index (χ3n) is 1.97. The molecule has 0 unspecified atom stereocenters. The molecule has 4 nitrogen and oxygen atoms in total. The van der Waals surface area contributed by atoms with Crippen LogP contribution in [0.1, 0.15) is 16.2 Å². The fraction of sp³-hybridized carbons (Fsp3) is 0.100. The summed E-state index contributed by atoms with van der Waals surface area (Å²) in [6.07, 6.45) is 3.07. The van der Waals surface area contributed by atoms with Crippen molar-refractivity contribution < 1.29 is 9.90 Å². The van der Waals surface area contributed by atoms with E-state index < -0.39 is 5.97 Å². The van der Waals surface area contributed by atoms with Gasteiger partial charge in [-0.1, -0.05) is 0 Å². The average Bonchev–Trinajstić information content (AvgIpc) is 2.65. The van der Waals surface area contributed by atoms with Crippen molar-refractivity contribution in [2.45, 2.75) is 6.92 Å². The van der Waals surface area contributed by atoms with E-state index in [0.717, 1.165) is 16.0 Å². The van der Waals surface area contributed by atoms with Crippen LogP contribution in [-0.4, -0.2) is 21.0 Å². The first kappa shape index (κ1) is 9.79. The van der Waals surface area contributed by atoms with Gasteiger partial charge in [0.25, 0.3) is 0 Å². The van der Waals surface area contributed by atoms with E-state index in [1.807, 2.05) is 18.4 Å². The number of aromatic carboxylic acids is 1. The van der Waals surface area contributed by atoms with Crippen molar-refractivity contribution in [2.75, 3.05) is 0 Å². The van der Waals surface area contributed by atoms with Crippen LogP contribution in [0.5, 0.6) is 0 Å². The lowest BCUT2D eigenvalue weighted by Crippen LogP contribution is -2.02. The molecule has 2 rings (SSSR count). The molecule has 0 atom stereocenters. The van der Waals surface area contributed by atoms with Crippen LogP contribution in [-0.2, 0) is 0 Å². The van der Waals surface area contributed by atoms with Crippen molar-refractivity contribution in [1.82, 2.24) is 9.97 Å². The van der Waals surface area contributed by atoms with Gasteiger partial charge in [-0.15, -0.1) is 11.3 Å². The maximum Gasteiger partial charge on any atom is 0.373 e. The zero-order valence-electron chi connectivity index (χ0n) is 7.97. The van der Waals surface area contributed by atoms with E-state index in [2.05, 4.69) is 9.97 Å². The number of carbonyl (C=O) groups is 1. The van der Waals surface area contributed by atoms with Crippen LogP contribution in [0.25, 0.3) is 10.4 Å². The third-order valence-corrected chi connectivity index (χ3v) is 3.03. The Balaban J connectivity index is 2.40. The molecule has 0 fully saturated rings. The first-order valence-electron chi connectivity index (χ1n) is 4.28. The van der Waals surface area contributed by atoms with E-state index in [9.17, 15) is 4.79 Å². The lowest BCUT2D eigenvalue weighted by Gasteiger charge is -1.98. The molecule has 0 saturated carbocycles. The molecule has 0 radical (unpaired) electrons. The number of thiophene rings is 1. The van der Waals surface area contributed by atoms with Crippen molar-refractivity contribution in [3.8, 4) is 10.4 Å². The van der Waals surface area contributed by atoms with Gasteiger partial charge in [0.2, 0.25) is 5.82 Å². The standard InChI is InChI=1S/C10H8N2O2S/c1-6-2-3-15-8(6)7-4-11-9(10(13)14)12-5-7/h2-5H,1H3,(H,13,14). The molecule has 0 amide bonds. The lowest BCUT2D eigenvalue weighted by molar-refractivity contribution is 0.0683. The Labute approximate surface area is 90.3 Å². The SMILES string of the molecule is Cc1ccsc1-c1cnc(C(=O)O)nc1. The number of rotatable bonds is 2. The van der Waals surface area contributed by atoms with E-state index in [1.54, 1.807) is 11.3 Å². The van der Waals surface area contributed by atoms with E-state index in [1.165, 1.54) is 12.4 Å². The Bertz CT molecular complexity index is 490. The minimum atomic E-state index is -1.11. The Morgan fingerprint density at radius 1 is 1.40 bits per heavy atom. The van der Waals surface area contributed by atoms with Gasteiger partial charge >= 0.3 is 5.97 Å². The molecule has 0 spiro atoms. The van der Waals surface area contributed by atoms with Crippen LogP contribution in [0.15, 0.2) is 23.8 Å². The van der Waals surface area contributed by atoms with Crippen molar-refractivity contribution in [3.05, 3.63) is 35.2 Å². The van der Waals surface area contributed by atoms with Gasteiger partial charge in [-0.2, -0.15) is 0 Å². The second-order valence-corrected chi connectivity index (χ2v) is 3.95. The lowest BCUT2D eigenvalue weighted by atomic mass is 10.2. The molecular weight excluding hydrogens is 212 g/mol. The number of carboxylic acids is 1. The molecule has 2 aromatic heterocycles. The summed E-state index contributed by atoms with van der Waals surface area (Å²) in [7, 11) is 0. The van der Waals surface area contributed by atoms with Crippen LogP contribution >= 0.6 is 11.3 Å². The highest BCUT2D eigenvalue weighted by molar-refractivity contribution is 7.13. The van der Waals surface area contributed by atoms with Crippen LogP contribution in [0.4, 0.5) is 0 Å². The van der Waals surface area contributed by atoms with E-state index in [4.69, 9.17) is 5.11 Å². The summed E-state index contributed by atoms with van der Waals surface area (Å²) in [6.45, 7) is 2.00. The molecular formula is C10H8N2O2S. The first-order valence-corrected chi connectivity index (χ1v) is 5.16. The van der Waals surface area contributed by atoms with Crippen LogP contribution < -0.4 is 0 Å². The molecule has 2 aromatic rings. The van der Waals surface area contributed by atoms with Gasteiger partial charge < -0.3 is 5.11 Å². The summed E-state index contributed by atoms with van der Waals surface area (Å²) < 4.78 is 0. The second-order valence-electron chi connectivity index (χ2n) is 3.03. The van der Waals surface area contributed by atoms with Gasteiger partial charge in [0.1, 0.15) is 0 Å². The highest BCUT2D eigenvalue weighted by Crippen LogP contribution is 2.27. The molecule has 15 heavy (non-hydrogen) atoms. The van der Waals surface area contributed by atoms with Gasteiger partial charge in [-0.25, -0.2) is 14.8 Å². The van der Waals surface area contributed by atoms with Gasteiger partial charge in [-0.3, -0.25) is 0 Å². The normalized spacial score (nSPS) is 10.2. The van der Waals surface area contributed by atoms with Crippen molar-refractivity contribution in [1.29, 1.82) is 0 Å². The number of nitrogens with zero attached hydrogens (tertiary/aromatic N) is 2. The molecule has 5 heteroatoms. The molecule has 0 bridgehead atoms. The Morgan fingerprint density at radius 2 is 2.07 bits per heavy atom. The molecule has 2 heterocycles. The summed E-state index contributed by atoms with van der Waals surface area (Å²) >= 11 is 1.59. The molecule has 0 aliphatic rings. The first-order chi connectivity index (χ1) is 7.18. The molecule has 1 N–H and O–H groups in total. The molecule has 0 saturated heterocycles. The van der Waals surface area contributed by atoms with Crippen LogP contribution in [0.3, 0.4) is 0 Å². The maximum absolute atomic E-state index is 10.5. The van der Waals surface area contributed by atoms with Crippen LogP contribution in [0, 0.1) is 6.92 Å². The summed E-state index contributed by atoms with van der Waals surface area (Å²) in [5.41, 5.74) is 2.00. The molecule has 0 aliphatic carbocycles.